The molecule has 0 radical (unpaired) electrons. The van der Waals surface area contributed by atoms with Crippen LogP contribution in [0.5, 0.6) is 0 Å². The van der Waals surface area contributed by atoms with E-state index >= 15 is 0 Å². The van der Waals surface area contributed by atoms with Gasteiger partial charge in [-0.2, -0.15) is 0 Å². The summed E-state index contributed by atoms with van der Waals surface area (Å²) >= 11 is 4.74. The predicted molar refractivity (Wildman–Crippen MR) is 46.8 cm³/mol. The van der Waals surface area contributed by atoms with Crippen molar-refractivity contribution in [2.24, 2.45) is 5.92 Å². The van der Waals surface area contributed by atoms with Crippen molar-refractivity contribution in [2.45, 2.75) is 13.8 Å². The largest absolute Gasteiger partial charge is 0.328 e. The number of thiocarbonyl (C=S) groups is 1. The molecule has 0 aromatic rings. The monoisotopic (exact) mass is 170 g/mol. The maximum atomic E-state index is 11.0. The van der Waals surface area contributed by atoms with E-state index in [4.69, 9.17) is 12.2 Å². The lowest BCUT2D eigenvalue weighted by Crippen LogP contribution is -2.21. The molecule has 0 atom stereocenters. The van der Waals surface area contributed by atoms with Gasteiger partial charge < -0.3 is 5.32 Å². The van der Waals surface area contributed by atoms with Crippen molar-refractivity contribution in [3.05, 3.63) is 11.8 Å². The average molecular weight is 170 g/mol. The van der Waals surface area contributed by atoms with Crippen LogP contribution >= 0.6 is 12.2 Å². The van der Waals surface area contributed by atoms with E-state index in [2.05, 4.69) is 10.6 Å². The van der Waals surface area contributed by atoms with Crippen molar-refractivity contribution in [2.75, 3.05) is 0 Å². The molecular formula is C7H10N2OS. The Bertz CT molecular complexity index is 233. The van der Waals surface area contributed by atoms with E-state index in [-0.39, 0.29) is 5.91 Å². The molecule has 0 aliphatic carbocycles. The molecule has 1 fully saturated rings. The SMILES string of the molecule is CC(C)/C=C1\NC(=S)NC1=O. The van der Waals surface area contributed by atoms with Crippen LogP contribution in [0, 0.1) is 5.92 Å². The van der Waals surface area contributed by atoms with Crippen molar-refractivity contribution < 1.29 is 4.79 Å². The van der Waals surface area contributed by atoms with E-state index in [1.165, 1.54) is 0 Å². The third kappa shape index (κ3) is 2.01. The molecule has 1 amide bonds. The average Bonchev–Trinajstić information content (AvgIpc) is 2.09. The Morgan fingerprint density at radius 1 is 1.45 bits per heavy atom. The molecule has 3 nitrogen and oxygen atoms in total. The molecule has 2 N–H and O–H groups in total. The quantitative estimate of drug-likeness (QED) is 0.445. The maximum Gasteiger partial charge on any atom is 0.273 e. The molecule has 1 heterocycles. The maximum absolute atomic E-state index is 11.0. The topological polar surface area (TPSA) is 41.1 Å². The van der Waals surface area contributed by atoms with E-state index in [9.17, 15) is 4.79 Å². The smallest absolute Gasteiger partial charge is 0.273 e. The van der Waals surface area contributed by atoms with Crippen LogP contribution in [0.4, 0.5) is 0 Å². The van der Waals surface area contributed by atoms with Crippen LogP contribution in [-0.4, -0.2) is 11.0 Å². The van der Waals surface area contributed by atoms with Gasteiger partial charge in [-0.1, -0.05) is 19.9 Å². The van der Waals surface area contributed by atoms with E-state index in [1.807, 2.05) is 19.9 Å². The Hall–Kier alpha value is -0.900. The Kier molecular flexibility index (Phi) is 2.24. The minimum absolute atomic E-state index is 0.135. The highest BCUT2D eigenvalue weighted by atomic mass is 32.1. The highest BCUT2D eigenvalue weighted by Crippen LogP contribution is 2.03. The minimum atomic E-state index is -0.135. The van der Waals surface area contributed by atoms with Crippen LogP contribution in [0.15, 0.2) is 11.8 Å². The summed E-state index contributed by atoms with van der Waals surface area (Å²) in [6.07, 6.45) is 1.84. The second-order valence-corrected chi connectivity index (χ2v) is 3.14. The summed E-state index contributed by atoms with van der Waals surface area (Å²) in [6, 6.07) is 0. The van der Waals surface area contributed by atoms with Crippen LogP contribution in [0.3, 0.4) is 0 Å². The van der Waals surface area contributed by atoms with Gasteiger partial charge in [0.15, 0.2) is 5.11 Å². The van der Waals surface area contributed by atoms with E-state index < -0.39 is 0 Å². The summed E-state index contributed by atoms with van der Waals surface area (Å²) in [4.78, 5) is 11.0. The highest BCUT2D eigenvalue weighted by Gasteiger charge is 2.19. The number of carbonyl (C=O) groups is 1. The summed E-state index contributed by atoms with van der Waals surface area (Å²) in [6.45, 7) is 4.01. The van der Waals surface area contributed by atoms with Crippen molar-refractivity contribution in [1.29, 1.82) is 0 Å². The van der Waals surface area contributed by atoms with E-state index in [0.717, 1.165) is 0 Å². The minimum Gasteiger partial charge on any atom is -0.328 e. The predicted octanol–water partition coefficient (Wildman–Crippen LogP) is 0.531. The summed E-state index contributed by atoms with van der Waals surface area (Å²) < 4.78 is 0. The molecule has 1 rings (SSSR count). The highest BCUT2D eigenvalue weighted by molar-refractivity contribution is 7.80. The fraction of sp³-hybridized carbons (Fsp3) is 0.429. The van der Waals surface area contributed by atoms with Crippen LogP contribution < -0.4 is 10.6 Å². The lowest BCUT2D eigenvalue weighted by molar-refractivity contribution is -0.115. The molecule has 1 saturated heterocycles. The number of allylic oxidation sites excluding steroid dienone is 1. The Labute approximate surface area is 70.9 Å². The molecular weight excluding hydrogens is 160 g/mol. The molecule has 4 heteroatoms. The Morgan fingerprint density at radius 3 is 2.45 bits per heavy atom. The van der Waals surface area contributed by atoms with Gasteiger partial charge in [0.1, 0.15) is 5.70 Å². The third-order valence-corrected chi connectivity index (χ3v) is 1.42. The first-order valence-corrected chi connectivity index (χ1v) is 3.84. The van der Waals surface area contributed by atoms with Gasteiger partial charge >= 0.3 is 0 Å². The summed E-state index contributed by atoms with van der Waals surface area (Å²) in [5.41, 5.74) is 0.560. The van der Waals surface area contributed by atoms with Gasteiger partial charge in [0.2, 0.25) is 0 Å². The van der Waals surface area contributed by atoms with Crippen molar-refractivity contribution in [1.82, 2.24) is 10.6 Å². The molecule has 0 aromatic carbocycles. The molecule has 60 valence electrons. The van der Waals surface area contributed by atoms with Crippen LogP contribution in [0.1, 0.15) is 13.8 Å². The standard InChI is InChI=1S/C7H10N2OS/c1-4(2)3-5-6(10)9-7(11)8-5/h3-4H,1-2H3,(H2,8,9,10,11)/b5-3-. The molecule has 11 heavy (non-hydrogen) atoms. The number of rotatable bonds is 1. The van der Waals surface area contributed by atoms with Gasteiger partial charge in [0.05, 0.1) is 0 Å². The lowest BCUT2D eigenvalue weighted by atomic mass is 10.2. The van der Waals surface area contributed by atoms with Gasteiger partial charge in [-0.05, 0) is 18.1 Å². The number of nitrogens with one attached hydrogen (secondary N) is 2. The van der Waals surface area contributed by atoms with Gasteiger partial charge in [-0.25, -0.2) is 0 Å². The lowest BCUT2D eigenvalue weighted by Gasteiger charge is -1.96. The van der Waals surface area contributed by atoms with Crippen LogP contribution in [0.2, 0.25) is 0 Å². The number of carbonyl (C=O) groups excluding carboxylic acids is 1. The molecule has 0 saturated carbocycles. The third-order valence-electron chi connectivity index (χ3n) is 1.22. The Balaban J connectivity index is 2.75. The molecule has 1 aliphatic heterocycles. The second-order valence-electron chi connectivity index (χ2n) is 2.73. The number of hydrogen-bond acceptors (Lipinski definition) is 2. The summed E-state index contributed by atoms with van der Waals surface area (Å²) in [5.74, 6) is 0.216. The first kappa shape index (κ1) is 8.20. The van der Waals surface area contributed by atoms with E-state index in [0.29, 0.717) is 16.7 Å². The van der Waals surface area contributed by atoms with Crippen molar-refractivity contribution in [3.8, 4) is 0 Å². The summed E-state index contributed by atoms with van der Waals surface area (Å²) in [5, 5.41) is 5.64. The first-order valence-electron chi connectivity index (χ1n) is 3.43. The fourth-order valence-electron chi connectivity index (χ4n) is 0.831. The van der Waals surface area contributed by atoms with Crippen molar-refractivity contribution >= 4 is 23.2 Å². The van der Waals surface area contributed by atoms with Gasteiger partial charge in [-0.3, -0.25) is 10.1 Å². The zero-order valence-electron chi connectivity index (χ0n) is 6.47. The fourth-order valence-corrected chi connectivity index (χ4v) is 1.03. The second kappa shape index (κ2) is 3.00. The molecule has 1 aliphatic rings. The van der Waals surface area contributed by atoms with Crippen LogP contribution in [-0.2, 0) is 4.79 Å². The number of hydrogen-bond donors (Lipinski definition) is 2. The Morgan fingerprint density at radius 2 is 2.09 bits per heavy atom. The normalized spacial score (nSPS) is 20.8. The zero-order chi connectivity index (χ0) is 8.43. The van der Waals surface area contributed by atoms with Crippen LogP contribution in [0.25, 0.3) is 0 Å². The first-order chi connectivity index (χ1) is 5.09. The van der Waals surface area contributed by atoms with Gasteiger partial charge in [0, 0.05) is 0 Å². The summed E-state index contributed by atoms with van der Waals surface area (Å²) in [7, 11) is 0. The zero-order valence-corrected chi connectivity index (χ0v) is 7.29. The molecule has 0 spiro atoms. The van der Waals surface area contributed by atoms with Gasteiger partial charge in [0.25, 0.3) is 5.91 Å². The molecule has 0 bridgehead atoms. The molecule has 0 aromatic heterocycles. The van der Waals surface area contributed by atoms with E-state index in [1.54, 1.807) is 0 Å². The molecule has 0 unspecified atom stereocenters. The number of amides is 1. The van der Waals surface area contributed by atoms with Gasteiger partial charge in [-0.15, -0.1) is 0 Å². The van der Waals surface area contributed by atoms with Crippen molar-refractivity contribution in [3.63, 3.8) is 0 Å².